The highest BCUT2D eigenvalue weighted by Gasteiger charge is 2.16. The molecular formula is C12H19Br2NOS. The fourth-order valence-corrected chi connectivity index (χ4v) is 3.77. The third-order valence-electron chi connectivity index (χ3n) is 2.22. The fourth-order valence-electron chi connectivity index (χ4n) is 1.62. The maximum Gasteiger partial charge on any atom is 0.0843 e. The van der Waals surface area contributed by atoms with Crippen LogP contribution in [0.5, 0.6) is 0 Å². The van der Waals surface area contributed by atoms with E-state index in [4.69, 9.17) is 0 Å². The maximum atomic E-state index is 9.84. The smallest absolute Gasteiger partial charge is 0.0843 e. The van der Waals surface area contributed by atoms with Crippen LogP contribution in [-0.4, -0.2) is 17.8 Å². The van der Waals surface area contributed by atoms with E-state index in [1.807, 2.05) is 0 Å². The largest absolute Gasteiger partial charge is 0.392 e. The molecule has 0 saturated heterocycles. The molecule has 2 N–H and O–H groups in total. The van der Waals surface area contributed by atoms with Crippen LogP contribution in [0.3, 0.4) is 0 Å². The number of aliphatic hydroxyl groups is 1. The number of thiophene rings is 1. The number of nitrogens with one attached hydrogen (secondary N) is 1. The van der Waals surface area contributed by atoms with Gasteiger partial charge in [-0.1, -0.05) is 20.8 Å². The molecule has 0 amide bonds. The van der Waals surface area contributed by atoms with E-state index in [2.05, 4.69) is 64.0 Å². The normalized spacial score (nSPS) is 14.0. The lowest BCUT2D eigenvalue weighted by molar-refractivity contribution is 0.119. The van der Waals surface area contributed by atoms with Gasteiger partial charge in [0, 0.05) is 22.4 Å². The van der Waals surface area contributed by atoms with E-state index < -0.39 is 0 Å². The van der Waals surface area contributed by atoms with Gasteiger partial charge in [0.2, 0.25) is 0 Å². The van der Waals surface area contributed by atoms with Crippen LogP contribution in [0.25, 0.3) is 0 Å². The van der Waals surface area contributed by atoms with Crippen molar-refractivity contribution in [2.24, 2.45) is 5.41 Å². The summed E-state index contributed by atoms with van der Waals surface area (Å²) in [5.41, 5.74) is 0.177. The van der Waals surface area contributed by atoms with Crippen molar-refractivity contribution >= 4 is 43.2 Å². The van der Waals surface area contributed by atoms with E-state index in [9.17, 15) is 5.11 Å². The SMILES string of the molecule is CC(C)(C)CC(O)CNCc1cc(Br)c(Br)s1. The predicted molar refractivity (Wildman–Crippen MR) is 81.5 cm³/mol. The van der Waals surface area contributed by atoms with Crippen LogP contribution in [0.4, 0.5) is 0 Å². The number of hydrogen-bond acceptors (Lipinski definition) is 3. The number of halogens is 2. The molecule has 0 fully saturated rings. The lowest BCUT2D eigenvalue weighted by Crippen LogP contribution is -2.29. The Morgan fingerprint density at radius 3 is 2.53 bits per heavy atom. The highest BCUT2D eigenvalue weighted by molar-refractivity contribution is 9.13. The molecule has 1 rings (SSSR count). The van der Waals surface area contributed by atoms with Gasteiger partial charge in [-0.25, -0.2) is 0 Å². The van der Waals surface area contributed by atoms with Crippen molar-refractivity contribution in [2.75, 3.05) is 6.54 Å². The molecule has 1 atom stereocenters. The number of rotatable bonds is 5. The Balaban J connectivity index is 2.28. The van der Waals surface area contributed by atoms with Crippen LogP contribution in [0, 0.1) is 5.41 Å². The standard InChI is InChI=1S/C12H19Br2NOS/c1-12(2,3)5-8(16)6-15-7-9-4-10(13)11(14)17-9/h4,8,15-16H,5-7H2,1-3H3. The second-order valence-corrected chi connectivity index (χ2v) is 8.69. The van der Waals surface area contributed by atoms with E-state index in [1.54, 1.807) is 11.3 Å². The first kappa shape index (κ1) is 15.6. The van der Waals surface area contributed by atoms with Gasteiger partial charge in [-0.2, -0.15) is 0 Å². The Hall–Kier alpha value is 0.580. The zero-order valence-electron chi connectivity index (χ0n) is 10.4. The summed E-state index contributed by atoms with van der Waals surface area (Å²) in [6.45, 7) is 7.87. The van der Waals surface area contributed by atoms with Gasteiger partial charge in [-0.05, 0) is 49.8 Å². The van der Waals surface area contributed by atoms with E-state index in [1.165, 1.54) is 4.88 Å². The van der Waals surface area contributed by atoms with E-state index >= 15 is 0 Å². The van der Waals surface area contributed by atoms with Crippen molar-refractivity contribution in [3.8, 4) is 0 Å². The van der Waals surface area contributed by atoms with Gasteiger partial charge in [0.05, 0.1) is 9.89 Å². The van der Waals surface area contributed by atoms with Crippen molar-refractivity contribution in [1.82, 2.24) is 5.32 Å². The second kappa shape index (κ2) is 6.66. The number of aliphatic hydroxyl groups excluding tert-OH is 1. The predicted octanol–water partition coefficient (Wildman–Crippen LogP) is 4.16. The third kappa shape index (κ3) is 6.34. The minimum Gasteiger partial charge on any atom is -0.392 e. The van der Waals surface area contributed by atoms with Gasteiger partial charge in [-0.3, -0.25) is 0 Å². The summed E-state index contributed by atoms with van der Waals surface area (Å²) in [5.74, 6) is 0. The highest BCUT2D eigenvalue weighted by Crippen LogP contribution is 2.32. The van der Waals surface area contributed by atoms with E-state index in [0.29, 0.717) is 6.54 Å². The first-order valence-electron chi connectivity index (χ1n) is 5.60. The molecule has 98 valence electrons. The Morgan fingerprint density at radius 2 is 2.06 bits per heavy atom. The van der Waals surface area contributed by atoms with Crippen molar-refractivity contribution in [2.45, 2.75) is 39.8 Å². The second-order valence-electron chi connectivity index (χ2n) is 5.38. The molecule has 1 aromatic rings. The topological polar surface area (TPSA) is 32.3 Å². The summed E-state index contributed by atoms with van der Waals surface area (Å²) in [4.78, 5) is 1.26. The molecule has 0 bridgehead atoms. The molecule has 0 aromatic carbocycles. The summed E-state index contributed by atoms with van der Waals surface area (Å²) in [6, 6.07) is 2.10. The molecular weight excluding hydrogens is 366 g/mol. The van der Waals surface area contributed by atoms with E-state index in [0.717, 1.165) is 21.2 Å². The highest BCUT2D eigenvalue weighted by atomic mass is 79.9. The molecule has 0 aliphatic rings. The van der Waals surface area contributed by atoms with Crippen LogP contribution in [0.1, 0.15) is 32.1 Å². The zero-order valence-corrected chi connectivity index (χ0v) is 14.4. The van der Waals surface area contributed by atoms with E-state index in [-0.39, 0.29) is 11.5 Å². The monoisotopic (exact) mass is 383 g/mol. The molecule has 0 aliphatic heterocycles. The quantitative estimate of drug-likeness (QED) is 0.798. The van der Waals surface area contributed by atoms with Gasteiger partial charge >= 0.3 is 0 Å². The average Bonchev–Trinajstić information content (AvgIpc) is 2.43. The number of hydrogen-bond donors (Lipinski definition) is 2. The average molecular weight is 385 g/mol. The summed E-state index contributed by atoms with van der Waals surface area (Å²) in [6.07, 6.45) is 0.541. The van der Waals surface area contributed by atoms with Crippen LogP contribution in [-0.2, 0) is 6.54 Å². The van der Waals surface area contributed by atoms with Crippen molar-refractivity contribution < 1.29 is 5.11 Å². The summed E-state index contributed by atoms with van der Waals surface area (Å²) in [5, 5.41) is 13.1. The molecule has 0 saturated carbocycles. The van der Waals surface area contributed by atoms with Gasteiger partial charge in [0.25, 0.3) is 0 Å². The maximum absolute atomic E-state index is 9.84. The summed E-state index contributed by atoms with van der Waals surface area (Å²) in [7, 11) is 0. The Morgan fingerprint density at radius 1 is 1.41 bits per heavy atom. The minimum absolute atomic E-state index is 0.177. The molecule has 1 heterocycles. The minimum atomic E-state index is -0.276. The van der Waals surface area contributed by atoms with Crippen LogP contribution < -0.4 is 5.32 Å². The van der Waals surface area contributed by atoms with Gasteiger partial charge in [0.15, 0.2) is 0 Å². The van der Waals surface area contributed by atoms with Crippen LogP contribution >= 0.6 is 43.2 Å². The van der Waals surface area contributed by atoms with Crippen molar-refractivity contribution in [3.05, 3.63) is 19.2 Å². The molecule has 2 nitrogen and oxygen atoms in total. The molecule has 5 heteroatoms. The van der Waals surface area contributed by atoms with Crippen molar-refractivity contribution in [1.29, 1.82) is 0 Å². The Kier molecular flexibility index (Phi) is 6.13. The summed E-state index contributed by atoms with van der Waals surface area (Å²) < 4.78 is 2.21. The lowest BCUT2D eigenvalue weighted by Gasteiger charge is -2.22. The zero-order chi connectivity index (χ0) is 13.1. The van der Waals surface area contributed by atoms with Crippen LogP contribution in [0.2, 0.25) is 0 Å². The third-order valence-corrected chi connectivity index (χ3v) is 5.48. The fraction of sp³-hybridized carbons (Fsp3) is 0.667. The molecule has 0 spiro atoms. The first-order valence-corrected chi connectivity index (χ1v) is 8.00. The molecule has 1 unspecified atom stereocenters. The van der Waals surface area contributed by atoms with Gasteiger partial charge < -0.3 is 10.4 Å². The van der Waals surface area contributed by atoms with Crippen LogP contribution in [0.15, 0.2) is 14.3 Å². The molecule has 1 aromatic heterocycles. The Bertz CT molecular complexity index is 340. The first-order chi connectivity index (χ1) is 7.78. The lowest BCUT2D eigenvalue weighted by atomic mass is 9.89. The van der Waals surface area contributed by atoms with Crippen molar-refractivity contribution in [3.63, 3.8) is 0 Å². The van der Waals surface area contributed by atoms with Gasteiger partial charge in [0.1, 0.15) is 0 Å². The van der Waals surface area contributed by atoms with Gasteiger partial charge in [-0.15, -0.1) is 11.3 Å². The Labute approximate surface area is 124 Å². The summed E-state index contributed by atoms with van der Waals surface area (Å²) >= 11 is 8.64. The molecule has 0 radical (unpaired) electrons. The molecule has 17 heavy (non-hydrogen) atoms. The molecule has 0 aliphatic carbocycles.